The number of hydrogen-bond acceptors (Lipinski definition) is 4. The summed E-state index contributed by atoms with van der Waals surface area (Å²) >= 11 is 0. The number of likely N-dealkylation sites (tertiary alicyclic amines) is 1. The second-order valence-corrected chi connectivity index (χ2v) is 5.97. The zero-order valence-corrected chi connectivity index (χ0v) is 13.0. The number of rotatable bonds is 4. The lowest BCUT2D eigenvalue weighted by molar-refractivity contribution is -0.145. The van der Waals surface area contributed by atoms with Gasteiger partial charge >= 0.3 is 5.97 Å². The van der Waals surface area contributed by atoms with Gasteiger partial charge in [-0.2, -0.15) is 0 Å². The summed E-state index contributed by atoms with van der Waals surface area (Å²) in [5.74, 6) is 0.513. The lowest BCUT2D eigenvalue weighted by Crippen LogP contribution is -2.40. The molecule has 124 valence electrons. The maximum atomic E-state index is 12.3. The molecule has 2 heterocycles. The Labute approximate surface area is 135 Å². The van der Waals surface area contributed by atoms with Crippen LogP contribution < -0.4 is 9.47 Å². The second kappa shape index (κ2) is 6.89. The largest absolute Gasteiger partial charge is 0.486 e. The van der Waals surface area contributed by atoms with Crippen molar-refractivity contribution < 1.29 is 24.2 Å². The van der Waals surface area contributed by atoms with Crippen LogP contribution in [-0.4, -0.2) is 48.2 Å². The van der Waals surface area contributed by atoms with Gasteiger partial charge in [0.1, 0.15) is 13.2 Å². The number of fused-ring (bicyclic) bond motifs is 1. The van der Waals surface area contributed by atoms with Crippen molar-refractivity contribution in [3.05, 3.63) is 23.8 Å². The number of nitrogens with zero attached hydrogens (tertiary/aromatic N) is 1. The standard InChI is InChI=1S/C17H21NO5/c19-16(18-7-5-13(6-8-18)17(20)21)4-2-12-1-3-14-15(11-12)23-10-9-22-14/h1,3,11,13H,2,4-10H2,(H,20,21). The molecule has 0 aromatic heterocycles. The van der Waals surface area contributed by atoms with Gasteiger partial charge in [0.2, 0.25) is 5.91 Å². The Morgan fingerprint density at radius 2 is 1.83 bits per heavy atom. The third kappa shape index (κ3) is 3.75. The highest BCUT2D eigenvalue weighted by Crippen LogP contribution is 2.31. The van der Waals surface area contributed by atoms with E-state index in [9.17, 15) is 9.59 Å². The molecular formula is C17H21NO5. The number of carboxylic acids is 1. The second-order valence-electron chi connectivity index (χ2n) is 5.97. The van der Waals surface area contributed by atoms with Crippen LogP contribution in [0.15, 0.2) is 18.2 Å². The van der Waals surface area contributed by atoms with E-state index < -0.39 is 5.97 Å². The monoisotopic (exact) mass is 319 g/mol. The van der Waals surface area contributed by atoms with Gasteiger partial charge in [-0.15, -0.1) is 0 Å². The Morgan fingerprint density at radius 3 is 2.52 bits per heavy atom. The van der Waals surface area contributed by atoms with Crippen molar-refractivity contribution in [3.63, 3.8) is 0 Å². The Morgan fingerprint density at radius 1 is 1.13 bits per heavy atom. The van der Waals surface area contributed by atoms with Gasteiger partial charge in [0.05, 0.1) is 5.92 Å². The molecule has 0 saturated carbocycles. The van der Waals surface area contributed by atoms with Crippen molar-refractivity contribution in [1.82, 2.24) is 4.90 Å². The molecule has 1 aromatic carbocycles. The number of amides is 1. The molecule has 1 amide bonds. The minimum Gasteiger partial charge on any atom is -0.486 e. The molecule has 0 aliphatic carbocycles. The number of piperidine rings is 1. The molecule has 0 radical (unpaired) electrons. The molecule has 0 unspecified atom stereocenters. The van der Waals surface area contributed by atoms with Crippen LogP contribution in [0.5, 0.6) is 11.5 Å². The number of ether oxygens (including phenoxy) is 2. The number of hydrogen-bond donors (Lipinski definition) is 1. The van der Waals surface area contributed by atoms with Crippen molar-refractivity contribution in [3.8, 4) is 11.5 Å². The predicted molar refractivity (Wildman–Crippen MR) is 82.7 cm³/mol. The number of carbonyl (C=O) groups excluding carboxylic acids is 1. The lowest BCUT2D eigenvalue weighted by Gasteiger charge is -2.30. The first-order valence-electron chi connectivity index (χ1n) is 8.02. The van der Waals surface area contributed by atoms with Crippen molar-refractivity contribution in [2.45, 2.75) is 25.7 Å². The normalized spacial score (nSPS) is 17.8. The fourth-order valence-electron chi connectivity index (χ4n) is 3.03. The molecule has 1 saturated heterocycles. The summed E-state index contributed by atoms with van der Waals surface area (Å²) in [6, 6.07) is 5.77. The fourth-order valence-corrected chi connectivity index (χ4v) is 3.03. The van der Waals surface area contributed by atoms with Gasteiger partial charge in [0, 0.05) is 19.5 Å². The average molecular weight is 319 g/mol. The zero-order valence-electron chi connectivity index (χ0n) is 13.0. The summed E-state index contributed by atoms with van der Waals surface area (Å²) in [5.41, 5.74) is 1.04. The highest BCUT2D eigenvalue weighted by molar-refractivity contribution is 5.77. The molecule has 23 heavy (non-hydrogen) atoms. The number of benzene rings is 1. The third-order valence-corrected chi connectivity index (χ3v) is 4.43. The van der Waals surface area contributed by atoms with Crippen molar-refractivity contribution in [2.24, 2.45) is 5.92 Å². The fraction of sp³-hybridized carbons (Fsp3) is 0.529. The Kier molecular flexibility index (Phi) is 4.69. The first-order chi connectivity index (χ1) is 11.1. The molecule has 1 aromatic rings. The average Bonchev–Trinajstić information content (AvgIpc) is 2.59. The van der Waals surface area contributed by atoms with E-state index in [1.54, 1.807) is 4.90 Å². The zero-order chi connectivity index (χ0) is 16.2. The smallest absolute Gasteiger partial charge is 0.306 e. The van der Waals surface area contributed by atoms with Crippen molar-refractivity contribution in [1.29, 1.82) is 0 Å². The van der Waals surface area contributed by atoms with Gasteiger partial charge < -0.3 is 19.5 Å². The van der Waals surface area contributed by atoms with E-state index in [0.717, 1.165) is 17.1 Å². The van der Waals surface area contributed by atoms with Crippen LogP contribution in [-0.2, 0) is 16.0 Å². The first-order valence-corrected chi connectivity index (χ1v) is 8.02. The SMILES string of the molecule is O=C(O)C1CCN(C(=O)CCc2ccc3c(c2)OCCO3)CC1. The molecular weight excluding hydrogens is 298 g/mol. The molecule has 2 aliphatic rings. The van der Waals surface area contributed by atoms with Crippen LogP contribution in [0.3, 0.4) is 0 Å². The minimum atomic E-state index is -0.756. The van der Waals surface area contributed by atoms with Crippen LogP contribution in [0.2, 0.25) is 0 Å². The molecule has 0 bridgehead atoms. The summed E-state index contributed by atoms with van der Waals surface area (Å²) in [4.78, 5) is 25.0. The van der Waals surface area contributed by atoms with Crippen LogP contribution in [0.4, 0.5) is 0 Å². The molecule has 1 N–H and O–H groups in total. The highest BCUT2D eigenvalue weighted by atomic mass is 16.6. The van der Waals surface area contributed by atoms with Crippen LogP contribution >= 0.6 is 0 Å². The van der Waals surface area contributed by atoms with Crippen LogP contribution in [0.25, 0.3) is 0 Å². The Bertz CT molecular complexity index is 593. The Balaban J connectivity index is 1.50. The van der Waals surface area contributed by atoms with E-state index in [0.29, 0.717) is 52.0 Å². The van der Waals surface area contributed by atoms with Crippen LogP contribution in [0.1, 0.15) is 24.8 Å². The van der Waals surface area contributed by atoms with Gasteiger partial charge in [-0.1, -0.05) is 6.07 Å². The lowest BCUT2D eigenvalue weighted by atomic mass is 9.96. The van der Waals surface area contributed by atoms with Crippen LogP contribution in [0, 0.1) is 5.92 Å². The van der Waals surface area contributed by atoms with E-state index >= 15 is 0 Å². The van der Waals surface area contributed by atoms with Gasteiger partial charge in [-0.05, 0) is 37.0 Å². The minimum absolute atomic E-state index is 0.0868. The summed E-state index contributed by atoms with van der Waals surface area (Å²) in [7, 11) is 0. The topological polar surface area (TPSA) is 76.1 Å². The van der Waals surface area contributed by atoms with E-state index in [-0.39, 0.29) is 11.8 Å². The maximum Gasteiger partial charge on any atom is 0.306 e. The van der Waals surface area contributed by atoms with E-state index in [4.69, 9.17) is 14.6 Å². The van der Waals surface area contributed by atoms with E-state index in [1.807, 2.05) is 18.2 Å². The molecule has 3 rings (SSSR count). The predicted octanol–water partition coefficient (Wildman–Crippen LogP) is 1.71. The first kappa shape index (κ1) is 15.6. The van der Waals surface area contributed by atoms with Gasteiger partial charge in [0.25, 0.3) is 0 Å². The summed E-state index contributed by atoms with van der Waals surface area (Å²) in [6.45, 7) is 2.19. The molecule has 0 spiro atoms. The highest BCUT2D eigenvalue weighted by Gasteiger charge is 2.26. The molecule has 6 nitrogen and oxygen atoms in total. The summed E-state index contributed by atoms with van der Waals surface area (Å²) in [6.07, 6.45) is 2.17. The number of carboxylic acid groups (broad SMARTS) is 1. The molecule has 0 atom stereocenters. The van der Waals surface area contributed by atoms with Crippen molar-refractivity contribution >= 4 is 11.9 Å². The third-order valence-electron chi connectivity index (χ3n) is 4.43. The summed E-state index contributed by atoms with van der Waals surface area (Å²) < 4.78 is 11.0. The molecule has 2 aliphatic heterocycles. The Hall–Kier alpha value is -2.24. The van der Waals surface area contributed by atoms with E-state index in [2.05, 4.69) is 0 Å². The maximum absolute atomic E-state index is 12.3. The van der Waals surface area contributed by atoms with Crippen molar-refractivity contribution in [2.75, 3.05) is 26.3 Å². The number of aryl methyl sites for hydroxylation is 1. The number of carbonyl (C=O) groups is 2. The van der Waals surface area contributed by atoms with Gasteiger partial charge in [0.15, 0.2) is 11.5 Å². The number of aliphatic carboxylic acids is 1. The summed E-state index contributed by atoms with van der Waals surface area (Å²) in [5, 5.41) is 8.99. The molecule has 6 heteroatoms. The quantitative estimate of drug-likeness (QED) is 0.914. The van der Waals surface area contributed by atoms with Gasteiger partial charge in [-0.3, -0.25) is 9.59 Å². The van der Waals surface area contributed by atoms with E-state index in [1.165, 1.54) is 0 Å². The molecule has 1 fully saturated rings. The van der Waals surface area contributed by atoms with Gasteiger partial charge in [-0.25, -0.2) is 0 Å².